The number of hydrogen-bond donors (Lipinski definition) is 6. The van der Waals surface area contributed by atoms with Crippen molar-refractivity contribution in [1.29, 1.82) is 0 Å². The highest BCUT2D eigenvalue weighted by molar-refractivity contribution is 6.13. The molecule has 280 valence electrons. The van der Waals surface area contributed by atoms with Gasteiger partial charge in [0.1, 0.15) is 23.1 Å². The van der Waals surface area contributed by atoms with E-state index in [0.29, 0.717) is 60.2 Å². The van der Waals surface area contributed by atoms with Crippen molar-refractivity contribution in [1.82, 2.24) is 35.5 Å². The molecule has 0 saturated carbocycles. The van der Waals surface area contributed by atoms with E-state index in [1.165, 1.54) is 26.6 Å². The first kappa shape index (κ1) is 38.2. The third-order valence-electron chi connectivity index (χ3n) is 8.94. The normalized spacial score (nSPS) is 14.7. The Hall–Kier alpha value is -6.03. The molecule has 0 radical (unpaired) electrons. The van der Waals surface area contributed by atoms with Crippen LogP contribution in [-0.2, 0) is 0 Å². The van der Waals surface area contributed by atoms with E-state index >= 15 is 0 Å². The maximum absolute atomic E-state index is 12.8. The number of rotatable bonds is 11. The van der Waals surface area contributed by atoms with Gasteiger partial charge in [0.2, 0.25) is 23.5 Å². The van der Waals surface area contributed by atoms with Crippen LogP contribution in [0.4, 0.5) is 28.3 Å². The summed E-state index contributed by atoms with van der Waals surface area (Å²) in [6.07, 6.45) is 6.48. The van der Waals surface area contributed by atoms with Gasteiger partial charge in [-0.05, 0) is 70.0 Å². The Balaban J connectivity index is 0.000000208. The van der Waals surface area contributed by atoms with Crippen molar-refractivity contribution in [3.63, 3.8) is 0 Å². The van der Waals surface area contributed by atoms with Crippen molar-refractivity contribution in [2.24, 2.45) is 0 Å². The number of methoxy groups -OCH3 is 2. The predicted molar refractivity (Wildman–Crippen MR) is 203 cm³/mol. The number of likely N-dealkylation sites (tertiary alicyclic amines) is 1. The van der Waals surface area contributed by atoms with Gasteiger partial charge >= 0.3 is 6.03 Å². The topological polar surface area (TPSA) is 225 Å². The number of piperidine rings is 2. The zero-order valence-electron chi connectivity index (χ0n) is 30.2. The summed E-state index contributed by atoms with van der Waals surface area (Å²) in [5.74, 6) is 1.53. The number of carbonyl (C=O) groups excluding carboxylic acids is 3. The minimum atomic E-state index is -0.290. The van der Waals surface area contributed by atoms with Crippen LogP contribution in [0.2, 0.25) is 0 Å². The summed E-state index contributed by atoms with van der Waals surface area (Å²) in [6.45, 7) is 5.77. The average molecular weight is 726 g/mol. The van der Waals surface area contributed by atoms with Crippen molar-refractivity contribution in [2.45, 2.75) is 44.7 Å². The lowest BCUT2D eigenvalue weighted by Crippen LogP contribution is -2.46. The second-order valence-electron chi connectivity index (χ2n) is 12.5. The average Bonchev–Trinajstić information content (AvgIpc) is 3.18. The van der Waals surface area contributed by atoms with Gasteiger partial charge in [-0.2, -0.15) is 9.97 Å². The number of aromatic nitrogens is 4. The number of ketones is 2. The molecule has 0 atom stereocenters. The van der Waals surface area contributed by atoms with Crippen molar-refractivity contribution in [3.05, 3.63) is 83.2 Å². The number of hydrogen-bond acceptors (Lipinski definition) is 14. The third kappa shape index (κ3) is 9.85. The number of nitrogens with two attached hydrogens (primary N) is 2. The predicted octanol–water partition coefficient (Wildman–Crippen LogP) is 3.37. The Morgan fingerprint density at radius 1 is 0.736 bits per heavy atom. The molecule has 2 fully saturated rings. The highest BCUT2D eigenvalue weighted by Crippen LogP contribution is 2.25. The van der Waals surface area contributed by atoms with Gasteiger partial charge in [0.05, 0.1) is 36.5 Å². The molecule has 8 N–H and O–H groups in total. The molecule has 2 aliphatic heterocycles. The highest BCUT2D eigenvalue weighted by Gasteiger charge is 2.24. The number of carbonyl (C=O) groups is 3. The van der Waals surface area contributed by atoms with Crippen LogP contribution in [0.25, 0.3) is 0 Å². The minimum absolute atomic E-state index is 0.0364. The molecular formula is C37H47N11O5. The Labute approximate surface area is 308 Å². The van der Waals surface area contributed by atoms with Crippen LogP contribution in [0.15, 0.2) is 60.9 Å². The number of anilines is 4. The van der Waals surface area contributed by atoms with Gasteiger partial charge < -0.3 is 47.1 Å². The maximum atomic E-state index is 12.8. The van der Waals surface area contributed by atoms with Crippen LogP contribution >= 0.6 is 0 Å². The Morgan fingerprint density at radius 3 is 1.62 bits per heavy atom. The molecule has 53 heavy (non-hydrogen) atoms. The Kier molecular flexibility index (Phi) is 13.3. The van der Waals surface area contributed by atoms with Gasteiger partial charge in [0.25, 0.3) is 0 Å². The van der Waals surface area contributed by atoms with Crippen molar-refractivity contribution >= 4 is 41.1 Å². The monoisotopic (exact) mass is 725 g/mol. The summed E-state index contributed by atoms with van der Waals surface area (Å²) in [4.78, 5) is 56.2. The summed E-state index contributed by atoms with van der Waals surface area (Å²) in [7, 11) is 3.04. The van der Waals surface area contributed by atoms with Crippen LogP contribution in [0, 0.1) is 0 Å². The number of nitrogens with one attached hydrogen (secondary N) is 4. The van der Waals surface area contributed by atoms with E-state index in [9.17, 15) is 14.4 Å². The van der Waals surface area contributed by atoms with Crippen molar-refractivity contribution in [2.75, 3.05) is 69.0 Å². The summed E-state index contributed by atoms with van der Waals surface area (Å²) >= 11 is 0. The van der Waals surface area contributed by atoms with Gasteiger partial charge in [-0.1, -0.05) is 24.3 Å². The number of nitrogen functional groups attached to an aromatic ring is 2. The number of urea groups is 1. The molecule has 2 saturated heterocycles. The van der Waals surface area contributed by atoms with Gasteiger partial charge in [-0.3, -0.25) is 9.59 Å². The van der Waals surface area contributed by atoms with Gasteiger partial charge in [0.15, 0.2) is 0 Å². The number of nitrogens with zero attached hydrogens (tertiary/aromatic N) is 5. The van der Waals surface area contributed by atoms with E-state index in [1.54, 1.807) is 47.4 Å². The second kappa shape index (κ2) is 18.5. The molecule has 2 aromatic heterocycles. The summed E-state index contributed by atoms with van der Waals surface area (Å²) in [5.41, 5.74) is 13.4. The number of para-hydroxylation sites is 2. The van der Waals surface area contributed by atoms with E-state index in [2.05, 4.69) is 41.2 Å². The third-order valence-corrected chi connectivity index (χ3v) is 8.94. The number of ether oxygens (including phenoxy) is 2. The lowest BCUT2D eigenvalue weighted by molar-refractivity contribution is 0.102. The molecule has 0 unspecified atom stereocenters. The SMILES string of the molecule is CCNC(=O)N1CCC(Nc2ncc(C(=O)c3ccccc3OC)c(N)n2)CC1.COc1ccccc1C(=O)c1cnc(NC2CCNCC2)nc1N. The molecule has 16 heteroatoms. The molecule has 6 rings (SSSR count). The minimum Gasteiger partial charge on any atom is -0.496 e. The van der Waals surface area contributed by atoms with Crippen LogP contribution < -0.4 is 42.2 Å². The van der Waals surface area contributed by atoms with Gasteiger partial charge in [-0.25, -0.2) is 14.8 Å². The highest BCUT2D eigenvalue weighted by atomic mass is 16.5. The number of amides is 2. The summed E-state index contributed by atoms with van der Waals surface area (Å²) in [5, 5.41) is 12.6. The van der Waals surface area contributed by atoms with E-state index in [4.69, 9.17) is 20.9 Å². The zero-order valence-corrected chi connectivity index (χ0v) is 30.2. The molecule has 2 aromatic carbocycles. The first-order valence-corrected chi connectivity index (χ1v) is 17.6. The summed E-state index contributed by atoms with van der Waals surface area (Å²) < 4.78 is 10.5. The van der Waals surface area contributed by atoms with Crippen LogP contribution in [-0.4, -0.2) is 101 Å². The molecule has 4 heterocycles. The fraction of sp³-hybridized carbons (Fsp3) is 0.378. The molecule has 0 bridgehead atoms. The van der Waals surface area contributed by atoms with E-state index in [0.717, 1.165) is 38.8 Å². The first-order chi connectivity index (χ1) is 25.7. The standard InChI is InChI=1S/C20H26N6O3.C17H21N5O2/c1-3-22-20(28)26-10-8-13(9-11-26)24-19-23-12-15(18(21)25-19)17(27)14-6-4-5-7-16(14)29-2;1-24-14-5-3-2-4-12(14)15(23)13-10-20-17(22-16(13)18)21-11-6-8-19-9-7-11/h4-7,12-13H,3,8-11H2,1-2H3,(H,22,28)(H3,21,23,24,25);2-5,10-11,19H,6-9H2,1H3,(H3,18,20,21,22). The zero-order chi connectivity index (χ0) is 37.7. The Morgan fingerprint density at radius 2 is 1.19 bits per heavy atom. The lowest BCUT2D eigenvalue weighted by atomic mass is 10.0. The Bertz CT molecular complexity index is 1880. The molecule has 2 amide bonds. The van der Waals surface area contributed by atoms with E-state index < -0.39 is 0 Å². The fourth-order valence-corrected chi connectivity index (χ4v) is 6.05. The van der Waals surface area contributed by atoms with Gasteiger partial charge in [0, 0.05) is 44.1 Å². The maximum Gasteiger partial charge on any atom is 0.317 e. The van der Waals surface area contributed by atoms with Crippen molar-refractivity contribution in [3.8, 4) is 11.5 Å². The smallest absolute Gasteiger partial charge is 0.317 e. The largest absolute Gasteiger partial charge is 0.496 e. The lowest BCUT2D eigenvalue weighted by Gasteiger charge is -2.32. The van der Waals surface area contributed by atoms with Crippen LogP contribution in [0.1, 0.15) is 64.4 Å². The molecular weight excluding hydrogens is 678 g/mol. The second-order valence-corrected chi connectivity index (χ2v) is 12.5. The molecule has 16 nitrogen and oxygen atoms in total. The van der Waals surface area contributed by atoms with Crippen LogP contribution in [0.5, 0.6) is 11.5 Å². The number of benzene rings is 2. The van der Waals surface area contributed by atoms with E-state index in [-0.39, 0.29) is 46.4 Å². The molecule has 2 aliphatic rings. The molecule has 4 aromatic rings. The first-order valence-electron chi connectivity index (χ1n) is 17.6. The quantitative estimate of drug-likeness (QED) is 0.122. The van der Waals surface area contributed by atoms with Crippen LogP contribution in [0.3, 0.4) is 0 Å². The van der Waals surface area contributed by atoms with Gasteiger partial charge in [-0.15, -0.1) is 0 Å². The van der Waals surface area contributed by atoms with E-state index in [1.807, 2.05) is 13.0 Å². The molecule has 0 aliphatic carbocycles. The van der Waals surface area contributed by atoms with Crippen molar-refractivity contribution < 1.29 is 23.9 Å². The fourth-order valence-electron chi connectivity index (χ4n) is 6.05. The molecule has 0 spiro atoms. The summed E-state index contributed by atoms with van der Waals surface area (Å²) in [6, 6.07) is 14.4.